The number of hydrogen-bond acceptors (Lipinski definition) is 4. The lowest BCUT2D eigenvalue weighted by atomic mass is 10.2. The fourth-order valence-corrected chi connectivity index (χ4v) is 1.54. The van der Waals surface area contributed by atoms with Crippen molar-refractivity contribution < 1.29 is 14.2 Å². The molecular formula is C15H25NO3. The second kappa shape index (κ2) is 8.02. The molecule has 1 rings (SSSR count). The number of nitrogens with one attached hydrogen (secondary N) is 1. The van der Waals surface area contributed by atoms with Gasteiger partial charge in [0.15, 0.2) is 11.5 Å². The predicted molar refractivity (Wildman–Crippen MR) is 76.9 cm³/mol. The van der Waals surface area contributed by atoms with E-state index in [1.807, 2.05) is 25.1 Å². The van der Waals surface area contributed by atoms with Crippen molar-refractivity contribution in [3.05, 3.63) is 23.8 Å². The SMILES string of the molecule is COc1cc(CNC(C)C)ccc1OCC(C)OC. The van der Waals surface area contributed by atoms with E-state index in [1.165, 1.54) is 5.56 Å². The van der Waals surface area contributed by atoms with Crippen molar-refractivity contribution >= 4 is 0 Å². The number of hydrogen-bond donors (Lipinski definition) is 1. The third-order valence-corrected chi connectivity index (χ3v) is 2.82. The van der Waals surface area contributed by atoms with Gasteiger partial charge in [-0.3, -0.25) is 0 Å². The van der Waals surface area contributed by atoms with Crippen LogP contribution in [0.2, 0.25) is 0 Å². The molecular weight excluding hydrogens is 242 g/mol. The lowest BCUT2D eigenvalue weighted by molar-refractivity contribution is 0.0706. The van der Waals surface area contributed by atoms with Gasteiger partial charge in [-0.25, -0.2) is 0 Å². The molecule has 0 spiro atoms. The van der Waals surface area contributed by atoms with E-state index in [2.05, 4.69) is 19.2 Å². The van der Waals surface area contributed by atoms with Crippen molar-refractivity contribution in [2.45, 2.75) is 39.5 Å². The first kappa shape index (κ1) is 15.8. The monoisotopic (exact) mass is 267 g/mol. The van der Waals surface area contributed by atoms with E-state index in [1.54, 1.807) is 14.2 Å². The standard InChI is InChI=1S/C15H25NO3/c1-11(2)16-9-13-6-7-14(15(8-13)18-5)19-10-12(3)17-4/h6-8,11-12,16H,9-10H2,1-5H3. The molecule has 1 atom stereocenters. The summed E-state index contributed by atoms with van der Waals surface area (Å²) in [5.41, 5.74) is 1.18. The van der Waals surface area contributed by atoms with Crippen LogP contribution in [0.1, 0.15) is 26.3 Å². The van der Waals surface area contributed by atoms with E-state index < -0.39 is 0 Å². The van der Waals surface area contributed by atoms with Gasteiger partial charge in [0.25, 0.3) is 0 Å². The minimum absolute atomic E-state index is 0.0620. The van der Waals surface area contributed by atoms with Crippen molar-refractivity contribution in [2.75, 3.05) is 20.8 Å². The average Bonchev–Trinajstić information content (AvgIpc) is 2.42. The molecule has 1 unspecified atom stereocenters. The highest BCUT2D eigenvalue weighted by Gasteiger charge is 2.08. The Labute approximate surface area is 116 Å². The lowest BCUT2D eigenvalue weighted by Gasteiger charge is -2.15. The first-order valence-corrected chi connectivity index (χ1v) is 6.62. The Morgan fingerprint density at radius 2 is 1.84 bits per heavy atom. The van der Waals surface area contributed by atoms with Gasteiger partial charge in [0.05, 0.1) is 13.2 Å². The summed E-state index contributed by atoms with van der Waals surface area (Å²) in [5.74, 6) is 1.51. The van der Waals surface area contributed by atoms with Gasteiger partial charge in [0.1, 0.15) is 6.61 Å². The first-order chi connectivity index (χ1) is 9.06. The average molecular weight is 267 g/mol. The third-order valence-electron chi connectivity index (χ3n) is 2.82. The van der Waals surface area contributed by atoms with Crippen LogP contribution in [0.3, 0.4) is 0 Å². The molecule has 1 aromatic rings. The van der Waals surface area contributed by atoms with Crippen molar-refractivity contribution in [1.29, 1.82) is 0 Å². The largest absolute Gasteiger partial charge is 0.493 e. The fourth-order valence-electron chi connectivity index (χ4n) is 1.54. The summed E-state index contributed by atoms with van der Waals surface area (Å²) in [5, 5.41) is 3.38. The maximum Gasteiger partial charge on any atom is 0.161 e. The molecule has 0 aliphatic carbocycles. The second-order valence-corrected chi connectivity index (χ2v) is 4.88. The van der Waals surface area contributed by atoms with Crippen LogP contribution < -0.4 is 14.8 Å². The molecule has 0 aliphatic rings. The van der Waals surface area contributed by atoms with E-state index in [9.17, 15) is 0 Å². The molecule has 0 bridgehead atoms. The molecule has 0 aliphatic heterocycles. The van der Waals surface area contributed by atoms with E-state index in [4.69, 9.17) is 14.2 Å². The number of methoxy groups -OCH3 is 2. The first-order valence-electron chi connectivity index (χ1n) is 6.62. The Bertz CT molecular complexity index is 380. The molecule has 108 valence electrons. The molecule has 0 amide bonds. The maximum atomic E-state index is 5.69. The van der Waals surface area contributed by atoms with Crippen molar-refractivity contribution in [1.82, 2.24) is 5.32 Å². The third kappa shape index (κ3) is 5.49. The van der Waals surface area contributed by atoms with Crippen LogP contribution in [0.15, 0.2) is 18.2 Å². The zero-order valence-corrected chi connectivity index (χ0v) is 12.5. The van der Waals surface area contributed by atoms with E-state index >= 15 is 0 Å². The molecule has 0 heterocycles. The topological polar surface area (TPSA) is 39.7 Å². The molecule has 4 nitrogen and oxygen atoms in total. The fraction of sp³-hybridized carbons (Fsp3) is 0.600. The Morgan fingerprint density at radius 1 is 1.11 bits per heavy atom. The smallest absolute Gasteiger partial charge is 0.161 e. The van der Waals surface area contributed by atoms with Crippen LogP contribution in [0, 0.1) is 0 Å². The summed E-state index contributed by atoms with van der Waals surface area (Å²) in [7, 11) is 3.33. The number of rotatable bonds is 8. The number of benzene rings is 1. The summed E-state index contributed by atoms with van der Waals surface area (Å²) in [6.45, 7) is 7.55. The second-order valence-electron chi connectivity index (χ2n) is 4.88. The highest BCUT2D eigenvalue weighted by atomic mass is 16.5. The Kier molecular flexibility index (Phi) is 6.67. The Morgan fingerprint density at radius 3 is 2.42 bits per heavy atom. The van der Waals surface area contributed by atoms with Gasteiger partial charge in [0, 0.05) is 19.7 Å². The summed E-state index contributed by atoms with van der Waals surface area (Å²) >= 11 is 0. The van der Waals surface area contributed by atoms with Crippen LogP contribution in [0.5, 0.6) is 11.5 Å². The highest BCUT2D eigenvalue weighted by molar-refractivity contribution is 5.43. The molecule has 19 heavy (non-hydrogen) atoms. The zero-order valence-electron chi connectivity index (χ0n) is 12.5. The van der Waals surface area contributed by atoms with Gasteiger partial charge in [-0.05, 0) is 24.6 Å². The summed E-state index contributed by atoms with van der Waals surface area (Å²) in [6.07, 6.45) is 0.0620. The number of ether oxygens (including phenoxy) is 3. The molecule has 0 saturated heterocycles. The lowest BCUT2D eigenvalue weighted by Crippen LogP contribution is -2.21. The van der Waals surface area contributed by atoms with Crippen LogP contribution >= 0.6 is 0 Å². The normalized spacial score (nSPS) is 12.5. The highest BCUT2D eigenvalue weighted by Crippen LogP contribution is 2.28. The Hall–Kier alpha value is -1.26. The van der Waals surface area contributed by atoms with Crippen LogP contribution in [-0.2, 0) is 11.3 Å². The molecule has 0 radical (unpaired) electrons. The molecule has 1 N–H and O–H groups in total. The van der Waals surface area contributed by atoms with Crippen LogP contribution in [0.4, 0.5) is 0 Å². The van der Waals surface area contributed by atoms with Crippen LogP contribution in [-0.4, -0.2) is 33.0 Å². The predicted octanol–water partition coefficient (Wildman–Crippen LogP) is 2.61. The van der Waals surface area contributed by atoms with E-state index in [0.717, 1.165) is 18.0 Å². The van der Waals surface area contributed by atoms with Crippen LogP contribution in [0.25, 0.3) is 0 Å². The van der Waals surface area contributed by atoms with Crippen molar-refractivity contribution in [3.8, 4) is 11.5 Å². The summed E-state index contributed by atoms with van der Waals surface area (Å²) in [6, 6.07) is 6.45. The minimum atomic E-state index is 0.0620. The Balaban J connectivity index is 2.67. The minimum Gasteiger partial charge on any atom is -0.493 e. The molecule has 4 heteroatoms. The maximum absolute atomic E-state index is 5.69. The van der Waals surface area contributed by atoms with Gasteiger partial charge in [-0.2, -0.15) is 0 Å². The van der Waals surface area contributed by atoms with Gasteiger partial charge in [-0.15, -0.1) is 0 Å². The molecule has 0 saturated carbocycles. The van der Waals surface area contributed by atoms with Gasteiger partial charge < -0.3 is 19.5 Å². The van der Waals surface area contributed by atoms with Crippen molar-refractivity contribution in [3.63, 3.8) is 0 Å². The van der Waals surface area contributed by atoms with Gasteiger partial charge >= 0.3 is 0 Å². The van der Waals surface area contributed by atoms with Gasteiger partial charge in [-0.1, -0.05) is 19.9 Å². The van der Waals surface area contributed by atoms with Crippen molar-refractivity contribution in [2.24, 2.45) is 0 Å². The molecule has 0 aromatic heterocycles. The molecule has 0 fully saturated rings. The zero-order chi connectivity index (χ0) is 14.3. The van der Waals surface area contributed by atoms with Gasteiger partial charge in [0.2, 0.25) is 0 Å². The molecule has 1 aromatic carbocycles. The van der Waals surface area contributed by atoms with E-state index in [0.29, 0.717) is 12.6 Å². The quantitative estimate of drug-likeness (QED) is 0.786. The summed E-state index contributed by atoms with van der Waals surface area (Å²) in [4.78, 5) is 0. The van der Waals surface area contributed by atoms with E-state index in [-0.39, 0.29) is 6.10 Å². The summed E-state index contributed by atoms with van der Waals surface area (Å²) < 4.78 is 16.2.